The van der Waals surface area contributed by atoms with Crippen molar-refractivity contribution in [3.8, 4) is 0 Å². The molecule has 1 aliphatic rings. The predicted molar refractivity (Wildman–Crippen MR) is 83.7 cm³/mol. The normalized spacial score (nSPS) is 19.6. The zero-order chi connectivity index (χ0) is 16.1. The monoisotopic (exact) mass is 308 g/mol. The molecular weight excluding hydrogens is 283 g/mol. The molecule has 1 fully saturated rings. The van der Waals surface area contributed by atoms with Crippen LogP contribution < -0.4 is 5.32 Å². The summed E-state index contributed by atoms with van der Waals surface area (Å²) < 4.78 is 13.5. The van der Waals surface area contributed by atoms with Crippen molar-refractivity contribution in [1.29, 1.82) is 0 Å². The van der Waals surface area contributed by atoms with Gasteiger partial charge in [0.1, 0.15) is 5.82 Å². The van der Waals surface area contributed by atoms with E-state index in [2.05, 4.69) is 10.2 Å². The van der Waals surface area contributed by atoms with Crippen LogP contribution in [0.5, 0.6) is 0 Å². The number of hydrogen-bond donors (Lipinski definition) is 2. The van der Waals surface area contributed by atoms with E-state index in [-0.39, 0.29) is 30.4 Å². The number of halogens is 1. The van der Waals surface area contributed by atoms with Crippen LogP contribution in [0.1, 0.15) is 32.3 Å². The molecule has 1 amide bonds. The van der Waals surface area contributed by atoms with Crippen molar-refractivity contribution in [2.45, 2.75) is 45.4 Å². The fourth-order valence-electron chi connectivity index (χ4n) is 2.93. The highest BCUT2D eigenvalue weighted by molar-refractivity contribution is 5.81. The number of piperidine rings is 1. The summed E-state index contributed by atoms with van der Waals surface area (Å²) in [6, 6.07) is 6.23. The Hall–Kier alpha value is -1.46. The molecule has 0 saturated carbocycles. The van der Waals surface area contributed by atoms with Crippen LogP contribution in [-0.2, 0) is 11.3 Å². The first-order chi connectivity index (χ1) is 10.5. The number of nitrogens with one attached hydrogen (secondary N) is 1. The van der Waals surface area contributed by atoms with Gasteiger partial charge in [-0.1, -0.05) is 18.2 Å². The van der Waals surface area contributed by atoms with Crippen LogP contribution in [0, 0.1) is 11.7 Å². The summed E-state index contributed by atoms with van der Waals surface area (Å²) in [7, 11) is 0. The number of carbonyl (C=O) groups excluding carboxylic acids is 1. The molecule has 2 atom stereocenters. The molecule has 1 aromatic rings. The molecule has 122 valence electrons. The lowest BCUT2D eigenvalue weighted by atomic mass is 9.91. The third-order valence-electron chi connectivity index (χ3n) is 4.59. The molecule has 0 aromatic heterocycles. The summed E-state index contributed by atoms with van der Waals surface area (Å²) in [4.78, 5) is 14.3. The molecule has 0 spiro atoms. The van der Waals surface area contributed by atoms with E-state index in [9.17, 15) is 14.3 Å². The maximum Gasteiger partial charge on any atom is 0.237 e. The van der Waals surface area contributed by atoms with Gasteiger partial charge in [0, 0.05) is 12.1 Å². The molecule has 4 nitrogen and oxygen atoms in total. The summed E-state index contributed by atoms with van der Waals surface area (Å²) in [6.07, 6.45) is 1.53. The number of amides is 1. The number of likely N-dealkylation sites (tertiary alicyclic amines) is 1. The maximum absolute atomic E-state index is 13.5. The number of aliphatic hydroxyl groups is 1. The largest absolute Gasteiger partial charge is 0.393 e. The van der Waals surface area contributed by atoms with Gasteiger partial charge in [0.25, 0.3) is 0 Å². The van der Waals surface area contributed by atoms with Gasteiger partial charge >= 0.3 is 0 Å². The van der Waals surface area contributed by atoms with E-state index >= 15 is 0 Å². The lowest BCUT2D eigenvalue weighted by Crippen LogP contribution is -2.49. The molecule has 2 unspecified atom stereocenters. The minimum Gasteiger partial charge on any atom is -0.393 e. The highest BCUT2D eigenvalue weighted by Crippen LogP contribution is 2.22. The SMILES string of the molecule is CC(O)C1CCN(C(C)C(=O)NCc2ccccc2F)CC1. The topological polar surface area (TPSA) is 52.6 Å². The second-order valence-electron chi connectivity index (χ2n) is 6.10. The molecular formula is C17H25FN2O2. The lowest BCUT2D eigenvalue weighted by molar-refractivity contribution is -0.126. The molecule has 0 bridgehead atoms. The number of nitrogens with zero attached hydrogens (tertiary/aromatic N) is 1. The Morgan fingerprint density at radius 2 is 2.00 bits per heavy atom. The summed E-state index contributed by atoms with van der Waals surface area (Å²) in [6.45, 7) is 5.53. The summed E-state index contributed by atoms with van der Waals surface area (Å²) in [5.74, 6) is -0.0584. The molecule has 0 radical (unpaired) electrons. The first-order valence-electron chi connectivity index (χ1n) is 7.92. The van der Waals surface area contributed by atoms with E-state index in [0.717, 1.165) is 25.9 Å². The third kappa shape index (κ3) is 4.27. The minimum absolute atomic E-state index is 0.0845. The highest BCUT2D eigenvalue weighted by atomic mass is 19.1. The van der Waals surface area contributed by atoms with Gasteiger partial charge < -0.3 is 10.4 Å². The Morgan fingerprint density at radius 1 is 1.36 bits per heavy atom. The molecule has 5 heteroatoms. The van der Waals surface area contributed by atoms with Gasteiger partial charge in [-0.3, -0.25) is 9.69 Å². The quantitative estimate of drug-likeness (QED) is 0.874. The van der Waals surface area contributed by atoms with Crippen molar-refractivity contribution < 1.29 is 14.3 Å². The van der Waals surface area contributed by atoms with Gasteiger partial charge in [-0.25, -0.2) is 4.39 Å². The van der Waals surface area contributed by atoms with E-state index < -0.39 is 0 Å². The van der Waals surface area contributed by atoms with E-state index in [1.807, 2.05) is 13.8 Å². The van der Waals surface area contributed by atoms with Crippen LogP contribution in [-0.4, -0.2) is 41.1 Å². The zero-order valence-corrected chi connectivity index (χ0v) is 13.3. The van der Waals surface area contributed by atoms with Gasteiger partial charge in [0.2, 0.25) is 5.91 Å². The fourth-order valence-corrected chi connectivity index (χ4v) is 2.93. The van der Waals surface area contributed by atoms with Gasteiger partial charge in [-0.05, 0) is 51.8 Å². The van der Waals surface area contributed by atoms with Crippen LogP contribution >= 0.6 is 0 Å². The van der Waals surface area contributed by atoms with Crippen LogP contribution in [0.4, 0.5) is 4.39 Å². The highest BCUT2D eigenvalue weighted by Gasteiger charge is 2.28. The van der Waals surface area contributed by atoms with Crippen molar-refractivity contribution in [3.05, 3.63) is 35.6 Å². The average molecular weight is 308 g/mol. The van der Waals surface area contributed by atoms with Gasteiger partial charge in [0.05, 0.1) is 12.1 Å². The first kappa shape index (κ1) is 16.9. The number of benzene rings is 1. The van der Waals surface area contributed by atoms with Crippen LogP contribution in [0.3, 0.4) is 0 Å². The summed E-state index contributed by atoms with van der Waals surface area (Å²) in [5.41, 5.74) is 0.496. The van der Waals surface area contributed by atoms with Crippen LogP contribution in [0.2, 0.25) is 0 Å². The van der Waals surface area contributed by atoms with Crippen molar-refractivity contribution in [1.82, 2.24) is 10.2 Å². The smallest absolute Gasteiger partial charge is 0.237 e. The summed E-state index contributed by atoms with van der Waals surface area (Å²) >= 11 is 0. The molecule has 1 aromatic carbocycles. The first-order valence-corrected chi connectivity index (χ1v) is 7.92. The van der Waals surface area contributed by atoms with Crippen molar-refractivity contribution in [2.75, 3.05) is 13.1 Å². The Balaban J connectivity index is 1.81. The van der Waals surface area contributed by atoms with E-state index in [4.69, 9.17) is 0 Å². The standard InChI is InChI=1S/C17H25FN2O2/c1-12(20-9-7-14(8-10-20)13(2)21)17(22)19-11-15-5-3-4-6-16(15)18/h3-6,12-14,21H,7-11H2,1-2H3,(H,19,22). The van der Waals surface area contributed by atoms with Crippen molar-refractivity contribution >= 4 is 5.91 Å². The van der Waals surface area contributed by atoms with E-state index in [0.29, 0.717) is 11.5 Å². The van der Waals surface area contributed by atoms with Gasteiger partial charge in [-0.15, -0.1) is 0 Å². The Labute approximate surface area is 131 Å². The number of hydrogen-bond acceptors (Lipinski definition) is 3. The number of rotatable bonds is 5. The predicted octanol–water partition coefficient (Wildman–Crippen LogP) is 1.92. The van der Waals surface area contributed by atoms with Gasteiger partial charge in [-0.2, -0.15) is 0 Å². The molecule has 0 aliphatic carbocycles. The number of carbonyl (C=O) groups is 1. The Bertz CT molecular complexity index is 499. The maximum atomic E-state index is 13.5. The minimum atomic E-state index is -0.298. The average Bonchev–Trinajstić information content (AvgIpc) is 2.53. The number of aliphatic hydroxyl groups excluding tert-OH is 1. The molecule has 2 N–H and O–H groups in total. The molecule has 2 rings (SSSR count). The molecule has 22 heavy (non-hydrogen) atoms. The van der Waals surface area contributed by atoms with Gasteiger partial charge in [0.15, 0.2) is 0 Å². The second-order valence-corrected chi connectivity index (χ2v) is 6.10. The zero-order valence-electron chi connectivity index (χ0n) is 13.3. The Morgan fingerprint density at radius 3 is 2.59 bits per heavy atom. The second kappa shape index (κ2) is 7.70. The molecule has 1 aliphatic heterocycles. The Kier molecular flexibility index (Phi) is 5.91. The van der Waals surface area contributed by atoms with Crippen molar-refractivity contribution in [2.24, 2.45) is 5.92 Å². The fraction of sp³-hybridized carbons (Fsp3) is 0.588. The van der Waals surface area contributed by atoms with E-state index in [1.165, 1.54) is 6.07 Å². The third-order valence-corrected chi connectivity index (χ3v) is 4.59. The van der Waals surface area contributed by atoms with Crippen LogP contribution in [0.15, 0.2) is 24.3 Å². The van der Waals surface area contributed by atoms with Crippen LogP contribution in [0.25, 0.3) is 0 Å². The lowest BCUT2D eigenvalue weighted by Gasteiger charge is -2.36. The van der Waals surface area contributed by atoms with E-state index in [1.54, 1.807) is 18.2 Å². The molecule has 1 heterocycles. The molecule has 1 saturated heterocycles. The van der Waals surface area contributed by atoms with Crippen molar-refractivity contribution in [3.63, 3.8) is 0 Å². The summed E-state index contributed by atoms with van der Waals surface area (Å²) in [5, 5.41) is 12.4.